The summed E-state index contributed by atoms with van der Waals surface area (Å²) >= 11 is 3.34. The minimum Gasteiger partial charge on any atom is -0.338 e. The summed E-state index contributed by atoms with van der Waals surface area (Å²) in [5, 5.41) is 0. The van der Waals surface area contributed by atoms with Crippen molar-refractivity contribution in [2.75, 3.05) is 6.54 Å². The van der Waals surface area contributed by atoms with E-state index in [4.69, 9.17) is 0 Å². The molecule has 0 atom stereocenters. The number of benzene rings is 2. The molecule has 0 aliphatic heterocycles. The first kappa shape index (κ1) is 16.7. The van der Waals surface area contributed by atoms with Crippen molar-refractivity contribution < 1.29 is 9.18 Å². The summed E-state index contributed by atoms with van der Waals surface area (Å²) in [7, 11) is 0. The second kappa shape index (κ2) is 7.54. The largest absolute Gasteiger partial charge is 0.338 e. The van der Waals surface area contributed by atoms with Crippen LogP contribution in [0.1, 0.15) is 23.6 Å². The van der Waals surface area contributed by atoms with Crippen LogP contribution in [-0.4, -0.2) is 17.4 Å². The van der Waals surface area contributed by atoms with Gasteiger partial charge in [0.05, 0.1) is 6.42 Å². The van der Waals surface area contributed by atoms with Crippen LogP contribution in [0.3, 0.4) is 0 Å². The predicted molar refractivity (Wildman–Crippen MR) is 90.1 cm³/mol. The number of rotatable bonds is 5. The molecular weight excluding hydrogens is 345 g/mol. The fourth-order valence-corrected chi connectivity index (χ4v) is 2.74. The van der Waals surface area contributed by atoms with E-state index < -0.39 is 0 Å². The first-order chi connectivity index (χ1) is 10.5. The van der Waals surface area contributed by atoms with Crippen LogP contribution in [0.25, 0.3) is 0 Å². The van der Waals surface area contributed by atoms with Crippen LogP contribution in [-0.2, 0) is 17.8 Å². The van der Waals surface area contributed by atoms with Gasteiger partial charge in [0.1, 0.15) is 5.82 Å². The minimum absolute atomic E-state index is 0.0103. The molecule has 0 aliphatic rings. The average molecular weight is 364 g/mol. The van der Waals surface area contributed by atoms with Crippen molar-refractivity contribution in [1.29, 1.82) is 0 Å². The lowest BCUT2D eigenvalue weighted by Gasteiger charge is -2.22. The van der Waals surface area contributed by atoms with Gasteiger partial charge in [-0.3, -0.25) is 4.79 Å². The normalized spacial score (nSPS) is 10.5. The molecule has 0 aromatic heterocycles. The van der Waals surface area contributed by atoms with Gasteiger partial charge >= 0.3 is 0 Å². The second-order valence-corrected chi connectivity index (χ2v) is 6.16. The zero-order valence-electron chi connectivity index (χ0n) is 12.8. The van der Waals surface area contributed by atoms with Crippen LogP contribution in [0.15, 0.2) is 46.9 Å². The number of likely N-dealkylation sites (N-methyl/N-ethyl adjacent to an activating group) is 1. The van der Waals surface area contributed by atoms with Crippen molar-refractivity contribution in [3.8, 4) is 0 Å². The summed E-state index contributed by atoms with van der Waals surface area (Å²) in [5.74, 6) is -0.276. The van der Waals surface area contributed by atoms with Gasteiger partial charge in [-0.15, -0.1) is 0 Å². The van der Waals surface area contributed by atoms with Crippen LogP contribution < -0.4 is 0 Å². The van der Waals surface area contributed by atoms with Crippen LogP contribution in [0.4, 0.5) is 4.39 Å². The third-order valence-electron chi connectivity index (χ3n) is 3.71. The van der Waals surface area contributed by atoms with Crippen molar-refractivity contribution in [1.82, 2.24) is 4.90 Å². The topological polar surface area (TPSA) is 20.3 Å². The molecule has 0 fully saturated rings. The number of hydrogen-bond acceptors (Lipinski definition) is 1. The average Bonchev–Trinajstić information content (AvgIpc) is 2.50. The summed E-state index contributed by atoms with van der Waals surface area (Å²) in [6, 6.07) is 12.6. The van der Waals surface area contributed by atoms with E-state index in [0.717, 1.165) is 15.6 Å². The van der Waals surface area contributed by atoms with Crippen molar-refractivity contribution in [3.63, 3.8) is 0 Å². The Labute approximate surface area is 139 Å². The Morgan fingerprint density at radius 2 is 1.91 bits per heavy atom. The lowest BCUT2D eigenvalue weighted by Crippen LogP contribution is -2.32. The van der Waals surface area contributed by atoms with Crippen molar-refractivity contribution >= 4 is 21.8 Å². The molecule has 0 spiro atoms. The molecule has 0 aliphatic carbocycles. The SMILES string of the molecule is CCN(Cc1cc(Br)ccc1F)C(=O)Cc1ccccc1C. The maximum Gasteiger partial charge on any atom is 0.227 e. The Hall–Kier alpha value is -1.68. The molecule has 0 bridgehead atoms. The Morgan fingerprint density at radius 1 is 1.18 bits per heavy atom. The number of hydrogen-bond donors (Lipinski definition) is 0. The first-order valence-electron chi connectivity index (χ1n) is 7.27. The summed E-state index contributed by atoms with van der Waals surface area (Å²) in [6.45, 7) is 4.74. The molecule has 116 valence electrons. The third-order valence-corrected chi connectivity index (χ3v) is 4.20. The molecule has 0 heterocycles. The van der Waals surface area contributed by atoms with Gasteiger partial charge in [0.15, 0.2) is 0 Å². The lowest BCUT2D eigenvalue weighted by molar-refractivity contribution is -0.130. The summed E-state index contributed by atoms with van der Waals surface area (Å²) in [6.07, 6.45) is 0.343. The molecular formula is C18H19BrFNO. The molecule has 2 nitrogen and oxygen atoms in total. The van der Waals surface area contributed by atoms with Gasteiger partial charge in [-0.1, -0.05) is 40.2 Å². The molecule has 0 radical (unpaired) electrons. The van der Waals surface area contributed by atoms with Gasteiger partial charge in [0.2, 0.25) is 5.91 Å². The van der Waals surface area contributed by atoms with Crippen LogP contribution in [0, 0.1) is 12.7 Å². The van der Waals surface area contributed by atoms with Gasteiger partial charge in [-0.25, -0.2) is 4.39 Å². The molecule has 0 saturated carbocycles. The van der Waals surface area contributed by atoms with E-state index in [1.807, 2.05) is 38.1 Å². The maximum atomic E-state index is 13.9. The zero-order valence-corrected chi connectivity index (χ0v) is 14.4. The van der Waals surface area contributed by atoms with Crippen LogP contribution in [0.2, 0.25) is 0 Å². The standard InChI is InChI=1S/C18H19BrFNO/c1-3-21(12-15-10-16(19)8-9-17(15)20)18(22)11-14-7-5-4-6-13(14)2/h4-10H,3,11-12H2,1-2H3. The van der Waals surface area contributed by atoms with Crippen LogP contribution >= 0.6 is 15.9 Å². The number of carbonyl (C=O) groups excluding carboxylic acids is 1. The highest BCUT2D eigenvalue weighted by Gasteiger charge is 2.15. The Kier molecular flexibility index (Phi) is 5.72. The van der Waals surface area contributed by atoms with E-state index in [1.165, 1.54) is 6.07 Å². The number of halogens is 2. The van der Waals surface area contributed by atoms with Gasteiger partial charge < -0.3 is 4.90 Å². The van der Waals surface area contributed by atoms with E-state index in [2.05, 4.69) is 15.9 Å². The first-order valence-corrected chi connectivity index (χ1v) is 8.06. The van der Waals surface area contributed by atoms with Gasteiger partial charge in [-0.2, -0.15) is 0 Å². The Balaban J connectivity index is 2.12. The summed E-state index contributed by atoms with van der Waals surface area (Å²) < 4.78 is 14.7. The van der Waals surface area contributed by atoms with Crippen molar-refractivity contribution in [2.45, 2.75) is 26.8 Å². The van der Waals surface area contributed by atoms with Crippen LogP contribution in [0.5, 0.6) is 0 Å². The Bertz CT molecular complexity index is 672. The van der Waals surface area contributed by atoms with Crippen molar-refractivity contribution in [2.24, 2.45) is 0 Å². The molecule has 4 heteroatoms. The zero-order chi connectivity index (χ0) is 16.1. The molecule has 0 N–H and O–H groups in total. The fraction of sp³-hybridized carbons (Fsp3) is 0.278. The van der Waals surface area contributed by atoms with E-state index in [1.54, 1.807) is 17.0 Å². The monoisotopic (exact) mass is 363 g/mol. The number of aryl methyl sites for hydroxylation is 1. The number of nitrogens with zero attached hydrogens (tertiary/aromatic N) is 1. The highest BCUT2D eigenvalue weighted by Crippen LogP contribution is 2.18. The smallest absolute Gasteiger partial charge is 0.227 e. The van der Waals surface area contributed by atoms with Crippen molar-refractivity contribution in [3.05, 3.63) is 69.4 Å². The fourth-order valence-electron chi connectivity index (χ4n) is 2.33. The summed E-state index contributed by atoms with van der Waals surface area (Å²) in [5.41, 5.74) is 2.63. The highest BCUT2D eigenvalue weighted by molar-refractivity contribution is 9.10. The Morgan fingerprint density at radius 3 is 2.59 bits per heavy atom. The maximum absolute atomic E-state index is 13.9. The van der Waals surface area contributed by atoms with E-state index in [-0.39, 0.29) is 18.3 Å². The highest BCUT2D eigenvalue weighted by atomic mass is 79.9. The third kappa shape index (κ3) is 4.17. The number of amides is 1. The second-order valence-electron chi connectivity index (χ2n) is 5.25. The molecule has 2 aromatic carbocycles. The lowest BCUT2D eigenvalue weighted by atomic mass is 10.1. The van der Waals surface area contributed by atoms with E-state index >= 15 is 0 Å². The van der Waals surface area contributed by atoms with Gasteiger partial charge in [-0.05, 0) is 43.2 Å². The predicted octanol–water partition coefficient (Wildman–Crippen LogP) is 4.49. The van der Waals surface area contributed by atoms with Gasteiger partial charge in [0, 0.05) is 23.1 Å². The number of carbonyl (C=O) groups is 1. The van der Waals surface area contributed by atoms with E-state index in [9.17, 15) is 9.18 Å². The molecule has 0 unspecified atom stereocenters. The molecule has 1 amide bonds. The van der Waals surface area contributed by atoms with Gasteiger partial charge in [0.25, 0.3) is 0 Å². The molecule has 0 saturated heterocycles. The minimum atomic E-state index is -0.287. The quantitative estimate of drug-likeness (QED) is 0.766. The molecule has 2 rings (SSSR count). The molecule has 2 aromatic rings. The molecule has 22 heavy (non-hydrogen) atoms. The summed E-state index contributed by atoms with van der Waals surface area (Å²) in [4.78, 5) is 14.2. The van der Waals surface area contributed by atoms with E-state index in [0.29, 0.717) is 18.5 Å².